The Bertz CT molecular complexity index is 875. The molecule has 0 fully saturated rings. The number of imidazole rings is 1. The molecule has 0 aliphatic carbocycles. The summed E-state index contributed by atoms with van der Waals surface area (Å²) in [5.41, 5.74) is 6.30. The first-order chi connectivity index (χ1) is 12.0. The van der Waals surface area contributed by atoms with E-state index in [4.69, 9.17) is 10.5 Å². The maximum Gasteiger partial charge on any atom is 0.268 e. The van der Waals surface area contributed by atoms with Crippen LogP contribution in [0.4, 0.5) is 0 Å². The van der Waals surface area contributed by atoms with Gasteiger partial charge >= 0.3 is 0 Å². The molecule has 130 valence electrons. The lowest BCUT2D eigenvalue weighted by Crippen LogP contribution is -2.23. The lowest BCUT2D eigenvalue weighted by atomic mass is 10.1. The van der Waals surface area contributed by atoms with Gasteiger partial charge < -0.3 is 20.1 Å². The number of aliphatic hydroxyl groups is 1. The van der Waals surface area contributed by atoms with Crippen LogP contribution in [0.15, 0.2) is 49.1 Å². The van der Waals surface area contributed by atoms with Crippen LogP contribution in [0.1, 0.15) is 29.9 Å². The van der Waals surface area contributed by atoms with Gasteiger partial charge in [-0.15, -0.1) is 0 Å². The Morgan fingerprint density at radius 1 is 1.36 bits per heavy atom. The molecule has 0 aliphatic heterocycles. The molecule has 2 heterocycles. The van der Waals surface area contributed by atoms with E-state index >= 15 is 0 Å². The summed E-state index contributed by atoms with van der Waals surface area (Å²) in [6.07, 6.45) is 4.72. The molecular formula is C18H20N4O3. The number of nitrogens with two attached hydrogens (primary N) is 1. The van der Waals surface area contributed by atoms with Crippen LogP contribution < -0.4 is 10.5 Å². The summed E-state index contributed by atoms with van der Waals surface area (Å²) in [5, 5.41) is 11.0. The van der Waals surface area contributed by atoms with E-state index in [2.05, 4.69) is 9.97 Å². The van der Waals surface area contributed by atoms with Crippen LogP contribution in [0.25, 0.3) is 10.9 Å². The number of primary amides is 1. The Kier molecular flexibility index (Phi) is 4.95. The minimum atomic E-state index is -0.626. The quantitative estimate of drug-likeness (QED) is 0.684. The van der Waals surface area contributed by atoms with Crippen molar-refractivity contribution < 1.29 is 14.6 Å². The van der Waals surface area contributed by atoms with Crippen LogP contribution in [0, 0.1) is 0 Å². The van der Waals surface area contributed by atoms with E-state index in [0.717, 1.165) is 16.7 Å². The Labute approximate surface area is 145 Å². The fraction of sp³-hybridized carbons (Fsp3) is 0.278. The van der Waals surface area contributed by atoms with E-state index in [1.165, 1.54) is 6.33 Å². The second-order valence-corrected chi connectivity index (χ2v) is 5.87. The molecule has 2 aromatic heterocycles. The number of hydrogen-bond donors (Lipinski definition) is 2. The zero-order chi connectivity index (χ0) is 17.8. The summed E-state index contributed by atoms with van der Waals surface area (Å²) in [5.74, 6) is 0.150. The molecule has 1 aromatic carbocycles. The Hall–Kier alpha value is -2.93. The molecule has 25 heavy (non-hydrogen) atoms. The van der Waals surface area contributed by atoms with Crippen LogP contribution >= 0.6 is 0 Å². The first-order valence-corrected chi connectivity index (χ1v) is 8.03. The van der Waals surface area contributed by atoms with Gasteiger partial charge in [-0.25, -0.2) is 4.98 Å². The number of aromatic nitrogens is 3. The molecule has 0 radical (unpaired) electrons. The highest BCUT2D eigenvalue weighted by Crippen LogP contribution is 2.21. The van der Waals surface area contributed by atoms with Crippen molar-refractivity contribution in [3.05, 3.63) is 54.7 Å². The molecule has 0 aliphatic rings. The molecule has 2 unspecified atom stereocenters. The number of carbonyl (C=O) groups excluding carboxylic acids is 1. The summed E-state index contributed by atoms with van der Waals surface area (Å²) >= 11 is 0. The normalized spacial score (nSPS) is 13.5. The maximum atomic E-state index is 11.2. The number of amides is 1. The van der Waals surface area contributed by atoms with Gasteiger partial charge in [-0.2, -0.15) is 0 Å². The standard InChI is InChI=1S/C18H20N4O3/c1-12(23)17(22-10-16(18(19)24)21-11-22)6-8-25-14-4-5-15-13(9-14)3-2-7-20-15/h2-5,7,9-12,17,23H,6,8H2,1H3,(H2,19,24). The van der Waals surface area contributed by atoms with Crippen LogP contribution in [-0.4, -0.2) is 38.3 Å². The summed E-state index contributed by atoms with van der Waals surface area (Å²) in [7, 11) is 0. The van der Waals surface area contributed by atoms with Gasteiger partial charge in [0.25, 0.3) is 5.91 Å². The van der Waals surface area contributed by atoms with Gasteiger partial charge in [-0.05, 0) is 31.2 Å². The zero-order valence-corrected chi connectivity index (χ0v) is 13.9. The lowest BCUT2D eigenvalue weighted by molar-refractivity contribution is 0.0993. The van der Waals surface area contributed by atoms with Gasteiger partial charge in [0.05, 0.1) is 30.6 Å². The van der Waals surface area contributed by atoms with E-state index < -0.39 is 12.0 Å². The highest BCUT2D eigenvalue weighted by molar-refractivity contribution is 5.90. The molecule has 2 atom stereocenters. The van der Waals surface area contributed by atoms with Gasteiger partial charge in [-0.3, -0.25) is 9.78 Å². The predicted octanol–water partition coefficient (Wildman–Crippen LogP) is 1.92. The van der Waals surface area contributed by atoms with E-state index in [-0.39, 0.29) is 11.7 Å². The number of pyridine rings is 1. The molecule has 0 spiro atoms. The molecule has 1 amide bonds. The lowest BCUT2D eigenvalue weighted by Gasteiger charge is -2.21. The number of benzene rings is 1. The number of ether oxygens (including phenoxy) is 1. The van der Waals surface area contributed by atoms with E-state index in [0.29, 0.717) is 13.0 Å². The van der Waals surface area contributed by atoms with Gasteiger partial charge in [0.2, 0.25) is 0 Å². The zero-order valence-electron chi connectivity index (χ0n) is 13.9. The van der Waals surface area contributed by atoms with Gasteiger partial charge in [0, 0.05) is 24.2 Å². The van der Waals surface area contributed by atoms with Crippen LogP contribution in [-0.2, 0) is 0 Å². The third-order valence-corrected chi connectivity index (χ3v) is 4.05. The molecule has 3 N–H and O–H groups in total. The summed E-state index contributed by atoms with van der Waals surface area (Å²) in [6.45, 7) is 2.10. The third kappa shape index (κ3) is 3.95. The van der Waals surface area contributed by atoms with Crippen molar-refractivity contribution in [1.82, 2.24) is 14.5 Å². The average Bonchev–Trinajstić information content (AvgIpc) is 3.08. The van der Waals surface area contributed by atoms with Crippen molar-refractivity contribution in [3.8, 4) is 5.75 Å². The fourth-order valence-corrected chi connectivity index (χ4v) is 2.73. The molecule has 7 heteroatoms. The van der Waals surface area contributed by atoms with Gasteiger partial charge in [0.15, 0.2) is 0 Å². The van der Waals surface area contributed by atoms with Gasteiger partial charge in [-0.1, -0.05) is 6.07 Å². The SMILES string of the molecule is CC(O)C(CCOc1ccc2ncccc2c1)n1cnc(C(N)=O)c1. The second kappa shape index (κ2) is 7.31. The second-order valence-electron chi connectivity index (χ2n) is 5.87. The molecule has 0 bridgehead atoms. The molecular weight excluding hydrogens is 320 g/mol. The Balaban J connectivity index is 1.65. The van der Waals surface area contributed by atoms with Crippen molar-refractivity contribution in [3.63, 3.8) is 0 Å². The molecule has 3 aromatic rings. The van der Waals surface area contributed by atoms with Crippen molar-refractivity contribution in [2.45, 2.75) is 25.5 Å². The number of hydrogen-bond acceptors (Lipinski definition) is 5. The number of carbonyl (C=O) groups is 1. The monoisotopic (exact) mass is 340 g/mol. The first-order valence-electron chi connectivity index (χ1n) is 8.03. The molecule has 7 nitrogen and oxygen atoms in total. The van der Waals surface area contributed by atoms with Crippen molar-refractivity contribution in [1.29, 1.82) is 0 Å². The number of aliphatic hydroxyl groups excluding tert-OH is 1. The van der Waals surface area contributed by atoms with Crippen molar-refractivity contribution in [2.75, 3.05) is 6.61 Å². The van der Waals surface area contributed by atoms with Crippen LogP contribution in [0.5, 0.6) is 5.75 Å². The average molecular weight is 340 g/mol. The van der Waals surface area contributed by atoms with Crippen LogP contribution in [0.2, 0.25) is 0 Å². The number of rotatable bonds is 7. The minimum Gasteiger partial charge on any atom is -0.493 e. The van der Waals surface area contributed by atoms with Crippen LogP contribution in [0.3, 0.4) is 0 Å². The minimum absolute atomic E-state index is 0.175. The summed E-state index contributed by atoms with van der Waals surface area (Å²) in [4.78, 5) is 19.4. The summed E-state index contributed by atoms with van der Waals surface area (Å²) < 4.78 is 7.50. The number of fused-ring (bicyclic) bond motifs is 1. The number of nitrogens with zero attached hydrogens (tertiary/aromatic N) is 3. The maximum absolute atomic E-state index is 11.2. The van der Waals surface area contributed by atoms with E-state index in [1.54, 1.807) is 23.9 Å². The van der Waals surface area contributed by atoms with Crippen molar-refractivity contribution in [2.24, 2.45) is 5.73 Å². The van der Waals surface area contributed by atoms with E-state index in [1.807, 2.05) is 30.3 Å². The fourth-order valence-electron chi connectivity index (χ4n) is 2.73. The first kappa shape index (κ1) is 16.9. The Morgan fingerprint density at radius 2 is 2.20 bits per heavy atom. The molecule has 0 saturated heterocycles. The topological polar surface area (TPSA) is 103 Å². The van der Waals surface area contributed by atoms with E-state index in [9.17, 15) is 9.90 Å². The molecule has 0 saturated carbocycles. The Morgan fingerprint density at radius 3 is 2.92 bits per heavy atom. The highest BCUT2D eigenvalue weighted by Gasteiger charge is 2.18. The largest absolute Gasteiger partial charge is 0.493 e. The smallest absolute Gasteiger partial charge is 0.268 e. The third-order valence-electron chi connectivity index (χ3n) is 4.05. The molecule has 3 rings (SSSR count). The predicted molar refractivity (Wildman–Crippen MR) is 93.3 cm³/mol. The van der Waals surface area contributed by atoms with Crippen molar-refractivity contribution >= 4 is 16.8 Å². The summed E-state index contributed by atoms with van der Waals surface area (Å²) in [6, 6.07) is 9.31. The van der Waals surface area contributed by atoms with Gasteiger partial charge in [0.1, 0.15) is 11.4 Å². The highest BCUT2D eigenvalue weighted by atomic mass is 16.5.